The van der Waals surface area contributed by atoms with Crippen molar-refractivity contribution in [2.45, 2.75) is 13.0 Å². The minimum absolute atomic E-state index is 0.0418. The summed E-state index contributed by atoms with van der Waals surface area (Å²) in [7, 11) is 0. The maximum Gasteiger partial charge on any atom is 0.154 e. The molecule has 0 heterocycles. The molecule has 0 fully saturated rings. The second kappa shape index (κ2) is 4.54. The molecule has 0 aromatic heterocycles. The Morgan fingerprint density at radius 3 is 2.60 bits per heavy atom. The molecule has 3 N–H and O–H groups in total. The first kappa shape index (κ1) is 9.74. The Morgan fingerprint density at radius 1 is 1.80 bits per heavy atom. The average molecular weight is 165 g/mol. The number of carbonyl (C=O) groups is 1. The van der Waals surface area contributed by atoms with Crippen LogP contribution in [0.2, 0.25) is 0 Å². The van der Waals surface area contributed by atoms with Crippen LogP contribution in [0.5, 0.6) is 0 Å². The van der Waals surface area contributed by atoms with Crippen molar-refractivity contribution >= 4 is 17.4 Å². The third kappa shape index (κ3) is 3.71. The summed E-state index contributed by atoms with van der Waals surface area (Å²) in [5.74, 6) is -0.393. The number of hydrogen-bond donors (Lipinski definition) is 2. The van der Waals surface area contributed by atoms with Crippen LogP contribution in [0.25, 0.3) is 0 Å². The first-order chi connectivity index (χ1) is 4.57. The Morgan fingerprint density at radius 2 is 2.30 bits per heavy atom. The van der Waals surface area contributed by atoms with Gasteiger partial charge in [-0.25, -0.2) is 4.21 Å². The van der Waals surface area contributed by atoms with Gasteiger partial charge in [-0.2, -0.15) is 0 Å². The van der Waals surface area contributed by atoms with Crippen molar-refractivity contribution in [3.8, 4) is 0 Å². The fourth-order valence-electron chi connectivity index (χ4n) is 0.417. The monoisotopic (exact) mass is 165 g/mol. The van der Waals surface area contributed by atoms with Gasteiger partial charge in [0, 0.05) is 12.0 Å². The van der Waals surface area contributed by atoms with Gasteiger partial charge in [0.1, 0.15) is 6.29 Å². The van der Waals surface area contributed by atoms with Crippen molar-refractivity contribution in [3.63, 3.8) is 0 Å². The molecule has 3 atom stereocenters. The zero-order valence-electron chi connectivity index (χ0n) is 5.69. The summed E-state index contributed by atoms with van der Waals surface area (Å²) >= 11 is -1.90. The van der Waals surface area contributed by atoms with Crippen molar-refractivity contribution in [3.05, 3.63) is 0 Å². The van der Waals surface area contributed by atoms with E-state index in [1.165, 1.54) is 0 Å². The highest BCUT2D eigenvalue weighted by molar-refractivity contribution is 7.79. The molecule has 0 bridgehead atoms. The topological polar surface area (TPSA) is 80.4 Å². The quantitative estimate of drug-likeness (QED) is 0.429. The Bertz CT molecular complexity index is 139. The lowest BCUT2D eigenvalue weighted by atomic mass is 10.1. The first-order valence-corrected chi connectivity index (χ1v) is 4.14. The van der Waals surface area contributed by atoms with Gasteiger partial charge in [-0.15, -0.1) is 0 Å². The molecule has 0 aromatic rings. The van der Waals surface area contributed by atoms with Gasteiger partial charge >= 0.3 is 0 Å². The van der Waals surface area contributed by atoms with Gasteiger partial charge in [0.05, 0.1) is 5.75 Å². The molecule has 0 amide bonds. The first-order valence-electron chi connectivity index (χ1n) is 2.86. The van der Waals surface area contributed by atoms with Crippen molar-refractivity contribution in [2.24, 2.45) is 11.7 Å². The molecule has 0 aliphatic carbocycles. The van der Waals surface area contributed by atoms with Gasteiger partial charge in [-0.1, -0.05) is 6.92 Å². The molecule has 0 aliphatic rings. The number of aldehydes is 1. The lowest BCUT2D eigenvalue weighted by Crippen LogP contribution is -2.34. The Hall–Kier alpha value is -0.260. The van der Waals surface area contributed by atoms with Crippen LogP contribution in [0.4, 0.5) is 0 Å². The molecule has 5 heteroatoms. The molecule has 60 valence electrons. The van der Waals surface area contributed by atoms with Crippen molar-refractivity contribution in [2.75, 3.05) is 5.75 Å². The molecular formula is C5H11NO3S. The fourth-order valence-corrected chi connectivity index (χ4v) is 1.05. The largest absolute Gasteiger partial charge is 0.326 e. The van der Waals surface area contributed by atoms with Gasteiger partial charge < -0.3 is 15.1 Å². The molecule has 3 unspecified atom stereocenters. The van der Waals surface area contributed by atoms with Crippen LogP contribution in [0.15, 0.2) is 0 Å². The molecule has 0 rings (SSSR count). The van der Waals surface area contributed by atoms with E-state index >= 15 is 0 Å². The van der Waals surface area contributed by atoms with E-state index in [9.17, 15) is 9.00 Å². The molecule has 0 saturated carbocycles. The molecule has 0 aliphatic heterocycles. The van der Waals surface area contributed by atoms with E-state index < -0.39 is 17.1 Å². The van der Waals surface area contributed by atoms with E-state index in [1.807, 2.05) is 0 Å². The Balaban J connectivity index is 3.71. The van der Waals surface area contributed by atoms with Crippen LogP contribution in [-0.2, 0) is 15.9 Å². The van der Waals surface area contributed by atoms with Gasteiger partial charge in [-0.3, -0.25) is 0 Å². The number of rotatable bonds is 4. The van der Waals surface area contributed by atoms with E-state index in [1.54, 1.807) is 6.92 Å². The highest BCUT2D eigenvalue weighted by Crippen LogP contribution is 1.96. The van der Waals surface area contributed by atoms with Crippen molar-refractivity contribution < 1.29 is 13.6 Å². The second-order valence-corrected chi connectivity index (χ2v) is 3.12. The average Bonchev–Trinajstić information content (AvgIpc) is 1.85. The standard InChI is InChI=1S/C5H11NO3S/c1-4(2-7)5(6)3-10(8)9/h2,4-5H,3,6H2,1H3,(H,8,9). The van der Waals surface area contributed by atoms with E-state index in [2.05, 4.69) is 0 Å². The van der Waals surface area contributed by atoms with Crippen molar-refractivity contribution in [1.29, 1.82) is 0 Å². The highest BCUT2D eigenvalue weighted by atomic mass is 32.2. The van der Waals surface area contributed by atoms with Gasteiger partial charge in [-0.05, 0) is 0 Å². The van der Waals surface area contributed by atoms with Gasteiger partial charge in [0.2, 0.25) is 0 Å². The van der Waals surface area contributed by atoms with E-state index in [0.29, 0.717) is 6.29 Å². The molecule has 0 spiro atoms. The summed E-state index contributed by atoms with van der Waals surface area (Å²) in [4.78, 5) is 10.1. The lowest BCUT2D eigenvalue weighted by Gasteiger charge is -2.10. The maximum absolute atomic E-state index is 10.1. The summed E-state index contributed by atoms with van der Waals surface area (Å²) in [6.45, 7) is 1.62. The van der Waals surface area contributed by atoms with Crippen LogP contribution < -0.4 is 5.73 Å². The summed E-state index contributed by atoms with van der Waals surface area (Å²) in [6, 6.07) is -0.511. The second-order valence-electron chi connectivity index (χ2n) is 2.15. The third-order valence-corrected chi connectivity index (χ3v) is 1.90. The van der Waals surface area contributed by atoms with Crippen LogP contribution in [0.1, 0.15) is 6.92 Å². The summed E-state index contributed by atoms with van der Waals surface area (Å²) in [6.07, 6.45) is 0.678. The summed E-state index contributed by atoms with van der Waals surface area (Å²) in [5, 5.41) is 0. The highest BCUT2D eigenvalue weighted by Gasteiger charge is 2.13. The van der Waals surface area contributed by atoms with E-state index in [0.717, 1.165) is 0 Å². The minimum atomic E-state index is -1.90. The predicted octanol–water partition coefficient (Wildman–Crippen LogP) is -0.630. The van der Waals surface area contributed by atoms with Crippen LogP contribution >= 0.6 is 0 Å². The zero-order valence-corrected chi connectivity index (χ0v) is 6.50. The SMILES string of the molecule is CC(C=O)C(N)CS(=O)O. The molecular weight excluding hydrogens is 154 g/mol. The molecule has 4 nitrogen and oxygen atoms in total. The molecule has 0 aromatic carbocycles. The van der Waals surface area contributed by atoms with Crippen LogP contribution in [-0.4, -0.2) is 26.8 Å². The predicted molar refractivity (Wildman–Crippen MR) is 38.8 cm³/mol. The van der Waals surface area contributed by atoms with Crippen LogP contribution in [0.3, 0.4) is 0 Å². The lowest BCUT2D eigenvalue weighted by molar-refractivity contribution is -0.111. The molecule has 10 heavy (non-hydrogen) atoms. The summed E-state index contributed by atoms with van der Waals surface area (Å²) in [5.41, 5.74) is 5.34. The Labute approximate surface area is 62.1 Å². The van der Waals surface area contributed by atoms with E-state index in [4.69, 9.17) is 10.3 Å². The minimum Gasteiger partial charge on any atom is -0.326 e. The normalized spacial score (nSPS) is 19.5. The number of nitrogens with two attached hydrogens (primary N) is 1. The van der Waals surface area contributed by atoms with Crippen molar-refractivity contribution in [1.82, 2.24) is 0 Å². The molecule has 0 radical (unpaired) electrons. The number of hydrogen-bond acceptors (Lipinski definition) is 3. The van der Waals surface area contributed by atoms with Gasteiger partial charge in [0.25, 0.3) is 0 Å². The maximum atomic E-state index is 10.1. The van der Waals surface area contributed by atoms with E-state index in [-0.39, 0.29) is 11.7 Å². The Kier molecular flexibility index (Phi) is 4.42. The zero-order chi connectivity index (χ0) is 8.15. The van der Waals surface area contributed by atoms with Crippen LogP contribution in [0, 0.1) is 5.92 Å². The third-order valence-electron chi connectivity index (χ3n) is 1.23. The van der Waals surface area contributed by atoms with Gasteiger partial charge in [0.15, 0.2) is 11.1 Å². The summed E-state index contributed by atoms with van der Waals surface area (Å²) < 4.78 is 18.5. The smallest absolute Gasteiger partial charge is 0.154 e. The fraction of sp³-hybridized carbons (Fsp3) is 0.800. The molecule has 0 saturated heterocycles. The number of carbonyl (C=O) groups excluding carboxylic acids is 1.